The zero-order chi connectivity index (χ0) is 20.5. The van der Waals surface area contributed by atoms with Gasteiger partial charge in [0.05, 0.1) is 0 Å². The number of benzene rings is 1. The molecular weight excluding hydrogens is 378 g/mol. The molecule has 1 aromatic rings. The van der Waals surface area contributed by atoms with Crippen LogP contribution in [0.1, 0.15) is 38.5 Å². The average molecular weight is 412 g/mol. The van der Waals surface area contributed by atoms with Crippen LogP contribution < -0.4 is 4.74 Å². The fourth-order valence-electron chi connectivity index (χ4n) is 6.18. The van der Waals surface area contributed by atoms with Gasteiger partial charge in [-0.2, -0.15) is 0 Å². The molecule has 30 heavy (non-hydrogen) atoms. The van der Waals surface area contributed by atoms with E-state index in [2.05, 4.69) is 9.80 Å². The highest BCUT2D eigenvalue weighted by Gasteiger charge is 2.45. The molecule has 0 aliphatic carbocycles. The van der Waals surface area contributed by atoms with E-state index in [9.17, 15) is 9.59 Å². The van der Waals surface area contributed by atoms with Gasteiger partial charge >= 0.3 is 0 Å². The Morgan fingerprint density at radius 1 is 1.03 bits per heavy atom. The van der Waals surface area contributed by atoms with Crippen LogP contribution in [-0.2, 0) is 9.59 Å². The molecule has 4 saturated heterocycles. The van der Waals surface area contributed by atoms with Crippen LogP contribution in [0.15, 0.2) is 30.3 Å². The number of hydrogen-bond donors (Lipinski definition) is 0. The van der Waals surface area contributed by atoms with Crippen molar-refractivity contribution in [1.29, 1.82) is 0 Å². The van der Waals surface area contributed by atoms with Crippen molar-refractivity contribution in [2.45, 2.75) is 50.6 Å². The van der Waals surface area contributed by atoms with E-state index in [1.807, 2.05) is 35.2 Å². The molecule has 4 heterocycles. The minimum Gasteiger partial charge on any atom is -0.484 e. The summed E-state index contributed by atoms with van der Waals surface area (Å²) in [5.41, 5.74) is 0. The van der Waals surface area contributed by atoms with Crippen molar-refractivity contribution in [1.82, 2.24) is 14.7 Å². The molecule has 4 fully saturated rings. The molecule has 0 aromatic heterocycles. The van der Waals surface area contributed by atoms with Gasteiger partial charge in [-0.1, -0.05) is 18.2 Å². The molecule has 162 valence electrons. The van der Waals surface area contributed by atoms with Crippen LogP contribution >= 0.6 is 0 Å². The van der Waals surface area contributed by atoms with Crippen molar-refractivity contribution in [2.75, 3.05) is 39.3 Å². The lowest BCUT2D eigenvalue weighted by molar-refractivity contribution is -0.146. The molecule has 6 nitrogen and oxygen atoms in total. The zero-order valence-corrected chi connectivity index (χ0v) is 17.7. The van der Waals surface area contributed by atoms with E-state index >= 15 is 0 Å². The minimum absolute atomic E-state index is 0.0872. The third-order valence-corrected chi connectivity index (χ3v) is 7.65. The summed E-state index contributed by atoms with van der Waals surface area (Å²) >= 11 is 0. The number of fused-ring (bicyclic) bond motifs is 4. The van der Waals surface area contributed by atoms with E-state index in [-0.39, 0.29) is 12.5 Å². The Morgan fingerprint density at radius 3 is 2.63 bits per heavy atom. The molecule has 2 bridgehead atoms. The Morgan fingerprint density at radius 2 is 1.83 bits per heavy atom. The molecule has 6 heteroatoms. The number of carbonyl (C=O) groups is 2. The normalized spacial score (nSPS) is 30.1. The second-order valence-electron chi connectivity index (χ2n) is 9.54. The summed E-state index contributed by atoms with van der Waals surface area (Å²) in [5, 5.41) is 0. The highest BCUT2D eigenvalue weighted by atomic mass is 16.5. The van der Waals surface area contributed by atoms with Crippen molar-refractivity contribution in [3.8, 4) is 5.75 Å². The standard InChI is InChI=1S/C24H33N3O3/c28-23-8-4-7-22-19-13-18(15-27(22)23)14-26(16-19)20-9-11-25(12-10-20)24(29)17-30-21-5-2-1-3-6-21/h1-3,5-6,18-20,22H,4,7-17H2/t18-,19+,22+/m0/s1. The van der Waals surface area contributed by atoms with Gasteiger partial charge in [0.1, 0.15) is 5.75 Å². The number of likely N-dealkylation sites (tertiary alicyclic amines) is 2. The number of nitrogens with zero attached hydrogens (tertiary/aromatic N) is 3. The zero-order valence-electron chi connectivity index (χ0n) is 17.7. The molecule has 4 aliphatic heterocycles. The maximum Gasteiger partial charge on any atom is 0.260 e. The number of ether oxygens (including phenoxy) is 1. The van der Waals surface area contributed by atoms with Gasteiger partial charge < -0.3 is 14.5 Å². The predicted molar refractivity (Wildman–Crippen MR) is 114 cm³/mol. The van der Waals surface area contributed by atoms with Crippen LogP contribution in [0, 0.1) is 11.8 Å². The molecule has 4 aliphatic rings. The minimum atomic E-state index is 0.0872. The van der Waals surface area contributed by atoms with Crippen molar-refractivity contribution >= 4 is 11.8 Å². The van der Waals surface area contributed by atoms with Gasteiger partial charge in [0.25, 0.3) is 5.91 Å². The monoisotopic (exact) mass is 411 g/mol. The maximum absolute atomic E-state index is 12.6. The topological polar surface area (TPSA) is 53.1 Å². The first-order valence-corrected chi connectivity index (χ1v) is 11.7. The van der Waals surface area contributed by atoms with Gasteiger partial charge in [-0.15, -0.1) is 0 Å². The summed E-state index contributed by atoms with van der Waals surface area (Å²) in [6.45, 7) is 4.96. The average Bonchev–Trinajstić information content (AvgIpc) is 2.79. The van der Waals surface area contributed by atoms with Gasteiger partial charge in [-0.25, -0.2) is 0 Å². The number of rotatable bonds is 4. The van der Waals surface area contributed by atoms with Gasteiger partial charge in [0.15, 0.2) is 6.61 Å². The summed E-state index contributed by atoms with van der Waals surface area (Å²) in [4.78, 5) is 31.8. The van der Waals surface area contributed by atoms with Crippen LogP contribution in [0.3, 0.4) is 0 Å². The van der Waals surface area contributed by atoms with Crippen LogP contribution in [-0.4, -0.2) is 77.9 Å². The highest BCUT2D eigenvalue weighted by Crippen LogP contribution is 2.39. The van der Waals surface area contributed by atoms with Crippen molar-refractivity contribution < 1.29 is 14.3 Å². The SMILES string of the molecule is O=C(COc1ccccc1)N1CCC(N2C[C@@H]3C[C@H](C2)[C@H]2CCCC(=O)N2C3)CC1. The molecule has 1 aromatic carbocycles. The Kier molecular flexibility index (Phi) is 5.68. The van der Waals surface area contributed by atoms with Crippen LogP contribution in [0.4, 0.5) is 0 Å². The van der Waals surface area contributed by atoms with E-state index < -0.39 is 0 Å². The van der Waals surface area contributed by atoms with E-state index in [0.29, 0.717) is 29.8 Å². The van der Waals surface area contributed by atoms with Gasteiger partial charge in [0.2, 0.25) is 5.91 Å². The van der Waals surface area contributed by atoms with Gasteiger partial charge in [-0.3, -0.25) is 14.5 Å². The highest BCUT2D eigenvalue weighted by molar-refractivity contribution is 5.78. The second-order valence-corrected chi connectivity index (χ2v) is 9.54. The molecule has 0 unspecified atom stereocenters. The van der Waals surface area contributed by atoms with Crippen LogP contribution in [0.2, 0.25) is 0 Å². The molecule has 3 atom stereocenters. The number of carbonyl (C=O) groups excluding carboxylic acids is 2. The quantitative estimate of drug-likeness (QED) is 0.764. The van der Waals surface area contributed by atoms with Gasteiger partial charge in [0, 0.05) is 51.2 Å². The molecule has 0 saturated carbocycles. The Labute approximate surface area is 179 Å². The summed E-state index contributed by atoms with van der Waals surface area (Å²) in [5.74, 6) is 2.49. The van der Waals surface area contributed by atoms with E-state index in [0.717, 1.165) is 64.2 Å². The third-order valence-electron chi connectivity index (χ3n) is 7.65. The summed E-state index contributed by atoms with van der Waals surface area (Å²) in [7, 11) is 0. The Balaban J connectivity index is 1.12. The van der Waals surface area contributed by atoms with Crippen LogP contribution in [0.25, 0.3) is 0 Å². The smallest absolute Gasteiger partial charge is 0.260 e. The lowest BCUT2D eigenvalue weighted by Crippen LogP contribution is -2.62. The lowest BCUT2D eigenvalue weighted by Gasteiger charge is -2.54. The summed E-state index contributed by atoms with van der Waals surface area (Å²) < 4.78 is 5.64. The number of para-hydroxylation sites is 1. The molecule has 2 amide bonds. The third kappa shape index (κ3) is 4.07. The van der Waals surface area contributed by atoms with Crippen molar-refractivity contribution in [3.05, 3.63) is 30.3 Å². The van der Waals surface area contributed by atoms with Gasteiger partial charge in [-0.05, 0) is 56.1 Å². The molecule has 0 spiro atoms. The fourth-order valence-corrected chi connectivity index (χ4v) is 6.18. The Hall–Kier alpha value is -2.08. The van der Waals surface area contributed by atoms with Crippen LogP contribution in [0.5, 0.6) is 5.75 Å². The first-order valence-electron chi connectivity index (χ1n) is 11.7. The van der Waals surface area contributed by atoms with E-state index in [1.54, 1.807) is 0 Å². The first kappa shape index (κ1) is 19.9. The van der Waals surface area contributed by atoms with Crippen molar-refractivity contribution in [3.63, 3.8) is 0 Å². The lowest BCUT2D eigenvalue weighted by atomic mass is 9.75. The van der Waals surface area contributed by atoms with E-state index in [1.165, 1.54) is 12.8 Å². The molecule has 0 radical (unpaired) electrons. The molecular formula is C24H33N3O3. The Bertz CT molecular complexity index is 762. The first-order chi connectivity index (χ1) is 14.7. The van der Waals surface area contributed by atoms with Crippen molar-refractivity contribution in [2.24, 2.45) is 11.8 Å². The predicted octanol–water partition coefficient (Wildman–Crippen LogP) is 2.39. The van der Waals surface area contributed by atoms with E-state index in [4.69, 9.17) is 4.74 Å². The maximum atomic E-state index is 12.6. The number of piperidine rings is 4. The number of hydrogen-bond acceptors (Lipinski definition) is 4. The second kappa shape index (κ2) is 8.58. The summed E-state index contributed by atoms with van der Waals surface area (Å²) in [6, 6.07) is 10.6. The largest absolute Gasteiger partial charge is 0.484 e. The fraction of sp³-hybridized carbons (Fsp3) is 0.667. The molecule has 0 N–H and O–H groups in total. The number of amides is 2. The molecule has 5 rings (SSSR count). The summed E-state index contributed by atoms with van der Waals surface area (Å²) in [6.07, 6.45) is 6.38.